The number of hydrogen-bond donors (Lipinski definition) is 2. The lowest BCUT2D eigenvalue weighted by molar-refractivity contribution is 0.867. The van der Waals surface area contributed by atoms with Gasteiger partial charge in [-0.15, -0.1) is 0 Å². The topological polar surface area (TPSA) is 48.8 Å². The summed E-state index contributed by atoms with van der Waals surface area (Å²) in [7, 11) is 0. The summed E-state index contributed by atoms with van der Waals surface area (Å²) in [5.41, 5.74) is 10.6. The van der Waals surface area contributed by atoms with Gasteiger partial charge < -0.3 is 0 Å². The first kappa shape index (κ1) is 14.3. The fraction of sp³-hybridized carbons (Fsp3) is 0.222. The van der Waals surface area contributed by atoms with Crippen molar-refractivity contribution < 1.29 is 0 Å². The van der Waals surface area contributed by atoms with Crippen LogP contribution in [0.3, 0.4) is 0 Å². The molecule has 0 atom stereocenters. The molecule has 1 fully saturated rings. The first-order chi connectivity index (χ1) is 10.9. The van der Waals surface area contributed by atoms with Gasteiger partial charge in [0.25, 0.3) is 0 Å². The molecular weight excluding hydrogens is 272 g/mol. The number of hydrogen-bond acceptors (Lipinski definition) is 4. The van der Waals surface area contributed by atoms with E-state index < -0.39 is 0 Å². The number of hydrazone groups is 2. The number of anilines is 2. The summed E-state index contributed by atoms with van der Waals surface area (Å²) in [5.74, 6) is 0. The van der Waals surface area contributed by atoms with Crippen LogP contribution in [0.5, 0.6) is 0 Å². The van der Waals surface area contributed by atoms with Crippen molar-refractivity contribution in [3.63, 3.8) is 0 Å². The van der Waals surface area contributed by atoms with Crippen molar-refractivity contribution in [1.29, 1.82) is 0 Å². The van der Waals surface area contributed by atoms with E-state index in [4.69, 9.17) is 0 Å². The van der Waals surface area contributed by atoms with E-state index in [0.29, 0.717) is 0 Å². The maximum Gasteiger partial charge on any atom is 0.0561 e. The molecule has 3 rings (SSSR count). The van der Waals surface area contributed by atoms with Crippen molar-refractivity contribution in [2.24, 2.45) is 10.2 Å². The van der Waals surface area contributed by atoms with E-state index in [9.17, 15) is 0 Å². The molecule has 112 valence electrons. The Hall–Kier alpha value is -2.62. The summed E-state index contributed by atoms with van der Waals surface area (Å²) in [5, 5.41) is 9.03. The molecule has 0 bridgehead atoms. The minimum absolute atomic E-state index is 0.833. The Morgan fingerprint density at radius 3 is 1.55 bits per heavy atom. The average Bonchev–Trinajstić information content (AvgIpc) is 2.60. The van der Waals surface area contributed by atoms with Crippen molar-refractivity contribution in [2.45, 2.75) is 25.7 Å². The molecule has 0 radical (unpaired) electrons. The first-order valence-electron chi connectivity index (χ1n) is 7.63. The van der Waals surface area contributed by atoms with Gasteiger partial charge in [0, 0.05) is 17.8 Å². The van der Waals surface area contributed by atoms with Crippen LogP contribution < -0.4 is 10.9 Å². The average molecular weight is 292 g/mol. The molecule has 0 aliphatic heterocycles. The molecule has 0 amide bonds. The van der Waals surface area contributed by atoms with Crippen molar-refractivity contribution >= 4 is 22.8 Å². The van der Waals surface area contributed by atoms with E-state index in [1.165, 1.54) is 0 Å². The highest BCUT2D eigenvalue weighted by molar-refractivity contribution is 6.06. The van der Waals surface area contributed by atoms with Gasteiger partial charge in [-0.1, -0.05) is 36.4 Å². The van der Waals surface area contributed by atoms with Crippen LogP contribution in [0.4, 0.5) is 11.4 Å². The predicted molar refractivity (Wildman–Crippen MR) is 93.5 cm³/mol. The molecule has 4 nitrogen and oxygen atoms in total. The highest BCUT2D eigenvalue weighted by Gasteiger charge is 2.13. The second-order valence-electron chi connectivity index (χ2n) is 5.34. The quantitative estimate of drug-likeness (QED) is 0.815. The number of benzene rings is 2. The number of rotatable bonds is 4. The number of nitrogens with zero attached hydrogens (tertiary/aromatic N) is 2. The van der Waals surface area contributed by atoms with Gasteiger partial charge >= 0.3 is 0 Å². The highest BCUT2D eigenvalue weighted by Crippen LogP contribution is 2.15. The molecule has 1 saturated carbocycles. The van der Waals surface area contributed by atoms with E-state index in [0.717, 1.165) is 48.5 Å². The highest BCUT2D eigenvalue weighted by atomic mass is 15.3. The monoisotopic (exact) mass is 292 g/mol. The Morgan fingerprint density at radius 2 is 1.09 bits per heavy atom. The molecular formula is C18H20N4. The van der Waals surface area contributed by atoms with Crippen molar-refractivity contribution in [2.75, 3.05) is 10.9 Å². The van der Waals surface area contributed by atoms with Gasteiger partial charge in [0.05, 0.1) is 11.4 Å². The third-order valence-electron chi connectivity index (χ3n) is 3.57. The molecule has 2 N–H and O–H groups in total. The number of nitrogens with one attached hydrogen (secondary N) is 2. The third-order valence-corrected chi connectivity index (χ3v) is 3.57. The minimum atomic E-state index is 0.833. The Bertz CT molecular complexity index is 590. The summed E-state index contributed by atoms with van der Waals surface area (Å²) in [4.78, 5) is 0. The molecule has 0 saturated heterocycles. The minimum Gasteiger partial charge on any atom is -0.279 e. The summed E-state index contributed by atoms with van der Waals surface area (Å²) < 4.78 is 0. The fourth-order valence-electron chi connectivity index (χ4n) is 2.41. The van der Waals surface area contributed by atoms with Crippen LogP contribution >= 0.6 is 0 Å². The lowest BCUT2D eigenvalue weighted by Gasteiger charge is -2.15. The van der Waals surface area contributed by atoms with Gasteiger partial charge in [0.1, 0.15) is 0 Å². The molecule has 2 aromatic carbocycles. The first-order valence-corrected chi connectivity index (χ1v) is 7.63. The zero-order chi connectivity index (χ0) is 15.0. The molecule has 0 aromatic heterocycles. The van der Waals surface area contributed by atoms with E-state index in [1.54, 1.807) is 0 Å². The van der Waals surface area contributed by atoms with Gasteiger partial charge in [-0.3, -0.25) is 10.9 Å². The predicted octanol–water partition coefficient (Wildman–Crippen LogP) is 4.50. The number of para-hydroxylation sites is 2. The summed E-state index contributed by atoms with van der Waals surface area (Å²) in [6.45, 7) is 0. The van der Waals surface area contributed by atoms with Crippen LogP contribution in [0, 0.1) is 0 Å². The van der Waals surface area contributed by atoms with E-state index >= 15 is 0 Å². The molecule has 2 aromatic rings. The maximum absolute atomic E-state index is 4.52. The SMILES string of the molecule is c1ccc(NN=C2CCCC(=NNc3ccccc3)C2)cc1. The van der Waals surface area contributed by atoms with Gasteiger partial charge in [-0.05, 0) is 43.5 Å². The fourth-order valence-corrected chi connectivity index (χ4v) is 2.41. The largest absolute Gasteiger partial charge is 0.279 e. The zero-order valence-corrected chi connectivity index (χ0v) is 12.5. The Morgan fingerprint density at radius 1 is 0.636 bits per heavy atom. The lowest BCUT2D eigenvalue weighted by atomic mass is 9.97. The maximum atomic E-state index is 4.52. The molecule has 1 aliphatic rings. The van der Waals surface area contributed by atoms with Crippen LogP contribution in [0.2, 0.25) is 0 Å². The Balaban J connectivity index is 1.59. The van der Waals surface area contributed by atoms with Crippen LogP contribution in [-0.4, -0.2) is 11.4 Å². The Labute approximate surface area is 131 Å². The second-order valence-corrected chi connectivity index (χ2v) is 5.34. The standard InChI is InChI=1S/C18H20N4/c1-3-8-15(9-4-1)19-21-17-12-7-13-18(14-17)22-20-16-10-5-2-6-11-16/h1-6,8-11,19-20H,7,12-14H2. The van der Waals surface area contributed by atoms with Gasteiger partial charge in [0.15, 0.2) is 0 Å². The molecule has 22 heavy (non-hydrogen) atoms. The molecule has 4 heteroatoms. The van der Waals surface area contributed by atoms with Crippen molar-refractivity contribution in [3.05, 3.63) is 60.7 Å². The second kappa shape index (κ2) is 7.41. The van der Waals surface area contributed by atoms with E-state index in [1.807, 2.05) is 60.7 Å². The Kier molecular flexibility index (Phi) is 4.82. The van der Waals surface area contributed by atoms with Crippen molar-refractivity contribution in [3.8, 4) is 0 Å². The zero-order valence-electron chi connectivity index (χ0n) is 12.5. The molecule has 0 heterocycles. The molecule has 0 unspecified atom stereocenters. The molecule has 0 spiro atoms. The lowest BCUT2D eigenvalue weighted by Crippen LogP contribution is -2.17. The van der Waals surface area contributed by atoms with Crippen molar-refractivity contribution in [1.82, 2.24) is 0 Å². The van der Waals surface area contributed by atoms with Gasteiger partial charge in [0.2, 0.25) is 0 Å². The molecule has 1 aliphatic carbocycles. The van der Waals surface area contributed by atoms with Gasteiger partial charge in [-0.2, -0.15) is 10.2 Å². The van der Waals surface area contributed by atoms with E-state index in [2.05, 4.69) is 21.1 Å². The summed E-state index contributed by atoms with van der Waals surface area (Å²) >= 11 is 0. The third kappa shape index (κ3) is 4.19. The van der Waals surface area contributed by atoms with Gasteiger partial charge in [-0.25, -0.2) is 0 Å². The van der Waals surface area contributed by atoms with Crippen LogP contribution in [-0.2, 0) is 0 Å². The summed E-state index contributed by atoms with van der Waals surface area (Å²) in [6, 6.07) is 20.0. The van der Waals surface area contributed by atoms with Crippen LogP contribution in [0.1, 0.15) is 25.7 Å². The normalized spacial score (nSPS) is 18.4. The summed E-state index contributed by atoms with van der Waals surface area (Å²) in [6.07, 6.45) is 4.00. The van der Waals surface area contributed by atoms with Crippen LogP contribution in [0.15, 0.2) is 70.9 Å². The smallest absolute Gasteiger partial charge is 0.0561 e. The van der Waals surface area contributed by atoms with E-state index in [-0.39, 0.29) is 0 Å². The van der Waals surface area contributed by atoms with Crippen LogP contribution in [0.25, 0.3) is 0 Å².